The molecule has 94 valence electrons. The zero-order valence-corrected chi connectivity index (χ0v) is 10.1. The molecule has 7 heteroatoms. The van der Waals surface area contributed by atoms with Gasteiger partial charge in [-0.15, -0.1) is 12.4 Å². The van der Waals surface area contributed by atoms with E-state index in [9.17, 15) is 9.59 Å². The molecule has 1 aromatic rings. The number of rotatable bonds is 4. The number of nitrogens with one attached hydrogen (secondary N) is 1. The van der Waals surface area contributed by atoms with E-state index in [1.54, 1.807) is 12.1 Å². The third-order valence-electron chi connectivity index (χ3n) is 1.85. The largest absolute Gasteiger partial charge is 0.468 e. The number of nitrogens with zero attached hydrogens (tertiary/aromatic N) is 1. The van der Waals surface area contributed by atoms with E-state index in [1.165, 1.54) is 13.3 Å². The Hall–Kier alpha value is -1.82. The maximum absolute atomic E-state index is 11.3. The first-order valence-electron chi connectivity index (χ1n) is 4.65. The van der Waals surface area contributed by atoms with Gasteiger partial charge in [-0.25, -0.2) is 0 Å². The maximum atomic E-state index is 11.3. The second-order valence-corrected chi connectivity index (χ2v) is 3.11. The fourth-order valence-electron chi connectivity index (χ4n) is 1.01. The van der Waals surface area contributed by atoms with E-state index >= 15 is 0 Å². The summed E-state index contributed by atoms with van der Waals surface area (Å²) in [5.41, 5.74) is 6.58. The summed E-state index contributed by atoms with van der Waals surface area (Å²) in [7, 11) is 1.26. The fourth-order valence-corrected chi connectivity index (χ4v) is 1.01. The van der Waals surface area contributed by atoms with Crippen LogP contribution in [0.3, 0.4) is 0 Å². The fraction of sp³-hybridized carbons (Fsp3) is 0.300. The molecular weight excluding hydrogens is 246 g/mol. The summed E-state index contributed by atoms with van der Waals surface area (Å²) in [6.07, 6.45) is 1.58. The van der Waals surface area contributed by atoms with Crippen LogP contribution in [-0.4, -0.2) is 30.5 Å². The van der Waals surface area contributed by atoms with Gasteiger partial charge in [-0.05, 0) is 12.1 Å². The van der Waals surface area contributed by atoms with E-state index in [2.05, 4.69) is 15.0 Å². The smallest absolute Gasteiger partial charge is 0.325 e. The Morgan fingerprint density at radius 1 is 1.47 bits per heavy atom. The van der Waals surface area contributed by atoms with Gasteiger partial charge in [-0.2, -0.15) is 0 Å². The van der Waals surface area contributed by atoms with E-state index < -0.39 is 5.97 Å². The summed E-state index contributed by atoms with van der Waals surface area (Å²) in [6.45, 7) is -0.135. The highest BCUT2D eigenvalue weighted by Crippen LogP contribution is 2.01. The van der Waals surface area contributed by atoms with E-state index in [1.807, 2.05) is 0 Å². The van der Waals surface area contributed by atoms with Crippen LogP contribution >= 0.6 is 12.4 Å². The lowest BCUT2D eigenvalue weighted by molar-refractivity contribution is -0.141. The minimum Gasteiger partial charge on any atom is -0.468 e. The lowest BCUT2D eigenvalue weighted by atomic mass is 10.2. The number of aromatic nitrogens is 1. The molecule has 1 heterocycles. The predicted octanol–water partition coefficient (Wildman–Crippen LogP) is -0.0827. The Kier molecular flexibility index (Phi) is 6.65. The molecule has 1 rings (SSSR count). The highest BCUT2D eigenvalue weighted by Gasteiger charge is 2.06. The summed E-state index contributed by atoms with van der Waals surface area (Å²) in [5, 5.41) is 2.41. The van der Waals surface area contributed by atoms with Gasteiger partial charge >= 0.3 is 5.97 Å². The molecule has 0 aliphatic carbocycles. The highest BCUT2D eigenvalue weighted by molar-refractivity contribution is 5.85. The van der Waals surface area contributed by atoms with Gasteiger partial charge in [-0.3, -0.25) is 14.6 Å². The minimum atomic E-state index is -0.487. The molecule has 6 nitrogen and oxygen atoms in total. The number of hydrogen-bond acceptors (Lipinski definition) is 5. The minimum absolute atomic E-state index is 0. The molecule has 0 saturated carbocycles. The number of carbonyl (C=O) groups excluding carboxylic acids is 2. The van der Waals surface area contributed by atoms with Crippen molar-refractivity contribution in [3.63, 3.8) is 0 Å². The van der Waals surface area contributed by atoms with E-state index in [-0.39, 0.29) is 31.3 Å². The van der Waals surface area contributed by atoms with Crippen LogP contribution in [0.1, 0.15) is 5.69 Å². The Morgan fingerprint density at radius 2 is 2.18 bits per heavy atom. The monoisotopic (exact) mass is 259 g/mol. The molecule has 0 atom stereocenters. The molecule has 0 unspecified atom stereocenters. The zero-order chi connectivity index (χ0) is 12.0. The summed E-state index contributed by atoms with van der Waals surface area (Å²) in [6, 6.07) is 3.32. The zero-order valence-electron chi connectivity index (χ0n) is 9.30. The number of nitrogens with two attached hydrogens (primary N) is 1. The molecule has 1 aromatic heterocycles. The Balaban J connectivity index is 0.00000256. The molecule has 0 aromatic carbocycles. The standard InChI is InChI=1S/C10H13N3O3.ClH/c1-16-10(15)6-13-9(14)4-8-3-2-7(11)5-12-8;/h2-3,5H,4,6,11H2,1H3,(H,13,14);1H. The first kappa shape index (κ1) is 15.2. The number of ether oxygens (including phenoxy) is 1. The molecule has 0 fully saturated rings. The maximum Gasteiger partial charge on any atom is 0.325 e. The average Bonchev–Trinajstić information content (AvgIpc) is 2.29. The van der Waals surface area contributed by atoms with Crippen LogP contribution in [0.2, 0.25) is 0 Å². The van der Waals surface area contributed by atoms with Gasteiger partial charge in [0, 0.05) is 5.69 Å². The average molecular weight is 260 g/mol. The second kappa shape index (κ2) is 7.45. The van der Waals surface area contributed by atoms with Gasteiger partial charge in [0.2, 0.25) is 5.91 Å². The van der Waals surface area contributed by atoms with Crippen molar-refractivity contribution in [3.05, 3.63) is 24.0 Å². The van der Waals surface area contributed by atoms with Crippen molar-refractivity contribution in [1.82, 2.24) is 10.3 Å². The number of esters is 1. The number of pyridine rings is 1. The molecule has 0 aliphatic rings. The van der Waals surface area contributed by atoms with Crippen molar-refractivity contribution >= 4 is 30.0 Å². The third kappa shape index (κ3) is 5.72. The van der Waals surface area contributed by atoms with Gasteiger partial charge in [-0.1, -0.05) is 0 Å². The lowest BCUT2D eigenvalue weighted by Crippen LogP contribution is -2.31. The first-order valence-corrected chi connectivity index (χ1v) is 4.65. The molecule has 0 aliphatic heterocycles. The van der Waals surface area contributed by atoms with Crippen molar-refractivity contribution in [3.8, 4) is 0 Å². The highest BCUT2D eigenvalue weighted by atomic mass is 35.5. The van der Waals surface area contributed by atoms with E-state index in [0.29, 0.717) is 11.4 Å². The van der Waals surface area contributed by atoms with Crippen molar-refractivity contribution in [2.24, 2.45) is 0 Å². The van der Waals surface area contributed by atoms with Crippen LogP contribution in [0.5, 0.6) is 0 Å². The van der Waals surface area contributed by atoms with Gasteiger partial charge in [0.05, 0.1) is 25.4 Å². The number of carbonyl (C=O) groups is 2. The molecule has 17 heavy (non-hydrogen) atoms. The van der Waals surface area contributed by atoms with Gasteiger partial charge < -0.3 is 15.8 Å². The molecule has 0 bridgehead atoms. The Morgan fingerprint density at radius 3 is 2.71 bits per heavy atom. The lowest BCUT2D eigenvalue weighted by Gasteiger charge is -2.03. The summed E-state index contributed by atoms with van der Waals surface area (Å²) in [4.78, 5) is 26.0. The Bertz CT molecular complexity index is 381. The molecule has 0 spiro atoms. The first-order chi connectivity index (χ1) is 7.61. The predicted molar refractivity (Wildman–Crippen MR) is 64.6 cm³/mol. The molecule has 0 saturated heterocycles. The van der Waals surface area contributed by atoms with Gasteiger partial charge in [0.1, 0.15) is 6.54 Å². The van der Waals surface area contributed by atoms with Crippen molar-refractivity contribution in [2.45, 2.75) is 6.42 Å². The van der Waals surface area contributed by atoms with Crippen molar-refractivity contribution in [1.29, 1.82) is 0 Å². The topological polar surface area (TPSA) is 94.3 Å². The SMILES string of the molecule is COC(=O)CNC(=O)Cc1ccc(N)cn1.Cl. The van der Waals surface area contributed by atoms with Crippen LogP contribution in [0, 0.1) is 0 Å². The van der Waals surface area contributed by atoms with Crippen molar-refractivity contribution < 1.29 is 14.3 Å². The molecule has 3 N–H and O–H groups in total. The van der Waals surface area contributed by atoms with Crippen LogP contribution in [-0.2, 0) is 20.7 Å². The number of nitrogen functional groups attached to an aromatic ring is 1. The number of methoxy groups -OCH3 is 1. The van der Waals surface area contributed by atoms with Crippen LogP contribution in [0.25, 0.3) is 0 Å². The van der Waals surface area contributed by atoms with Crippen LogP contribution < -0.4 is 11.1 Å². The molecule has 1 amide bonds. The van der Waals surface area contributed by atoms with Gasteiger partial charge in [0.25, 0.3) is 0 Å². The van der Waals surface area contributed by atoms with Crippen LogP contribution in [0.15, 0.2) is 18.3 Å². The van der Waals surface area contributed by atoms with E-state index in [4.69, 9.17) is 5.73 Å². The summed E-state index contributed by atoms with van der Waals surface area (Å²) < 4.78 is 4.38. The molecule has 0 radical (unpaired) electrons. The summed E-state index contributed by atoms with van der Waals surface area (Å²) >= 11 is 0. The quantitative estimate of drug-likeness (QED) is 0.738. The Labute approximate surface area is 105 Å². The number of hydrogen-bond donors (Lipinski definition) is 2. The van der Waals surface area contributed by atoms with E-state index in [0.717, 1.165) is 0 Å². The van der Waals surface area contributed by atoms with Crippen molar-refractivity contribution in [2.75, 3.05) is 19.4 Å². The summed E-state index contributed by atoms with van der Waals surface area (Å²) in [5.74, 6) is -0.777. The number of halogens is 1. The van der Waals surface area contributed by atoms with Crippen LogP contribution in [0.4, 0.5) is 5.69 Å². The number of amides is 1. The van der Waals surface area contributed by atoms with Gasteiger partial charge in [0.15, 0.2) is 0 Å². The third-order valence-corrected chi connectivity index (χ3v) is 1.85. The normalized spacial score (nSPS) is 9.00. The molecular formula is C10H14ClN3O3. The number of anilines is 1. The second-order valence-electron chi connectivity index (χ2n) is 3.11.